The Hall–Kier alpha value is -2.05. The number of aliphatic imine (C=N–C) groups is 1. The van der Waals surface area contributed by atoms with Gasteiger partial charge in [0.1, 0.15) is 6.10 Å². The van der Waals surface area contributed by atoms with E-state index >= 15 is 0 Å². The number of nitrogens with one attached hydrogen (secondary N) is 2. The van der Waals surface area contributed by atoms with Crippen molar-refractivity contribution in [3.8, 4) is 0 Å². The average molecular weight is 370 g/mol. The minimum atomic E-state index is 0.152. The van der Waals surface area contributed by atoms with Crippen molar-refractivity contribution in [3.63, 3.8) is 0 Å². The molecule has 0 amide bonds. The molecule has 0 spiro atoms. The minimum absolute atomic E-state index is 0.152. The van der Waals surface area contributed by atoms with Crippen molar-refractivity contribution in [1.82, 2.24) is 15.2 Å². The molecule has 2 atom stereocenters. The summed E-state index contributed by atoms with van der Waals surface area (Å²) in [6.07, 6.45) is 3.54. The molecular formula is C21H30N4O2. The first-order valence-corrected chi connectivity index (χ1v) is 10.2. The second-order valence-corrected chi connectivity index (χ2v) is 7.27. The third kappa shape index (κ3) is 4.45. The van der Waals surface area contributed by atoms with Crippen LogP contribution in [0.4, 0.5) is 0 Å². The molecule has 2 saturated heterocycles. The standard InChI is InChI=1S/C21H30N4O2/c1-2-22-21(25-11-13-27-20(15-25)19-8-5-12-26-19)23-10-9-17-14-16-6-3-4-7-18(16)24-17/h3-4,6-7,14,19-20,24H,2,5,8-13,15H2,1H3,(H,22,23). The summed E-state index contributed by atoms with van der Waals surface area (Å²) >= 11 is 0. The highest BCUT2D eigenvalue weighted by atomic mass is 16.5. The van der Waals surface area contributed by atoms with Crippen LogP contribution >= 0.6 is 0 Å². The van der Waals surface area contributed by atoms with E-state index in [1.807, 2.05) is 0 Å². The number of aromatic nitrogens is 1. The van der Waals surface area contributed by atoms with Gasteiger partial charge < -0.3 is 24.7 Å². The molecule has 0 bridgehead atoms. The molecule has 2 N–H and O–H groups in total. The number of para-hydroxylation sites is 1. The van der Waals surface area contributed by atoms with Gasteiger partial charge in [0.2, 0.25) is 0 Å². The van der Waals surface area contributed by atoms with Crippen LogP contribution in [0.2, 0.25) is 0 Å². The van der Waals surface area contributed by atoms with Gasteiger partial charge in [0.05, 0.1) is 12.7 Å². The fourth-order valence-corrected chi connectivity index (χ4v) is 3.96. The molecule has 2 aromatic rings. The van der Waals surface area contributed by atoms with Crippen molar-refractivity contribution < 1.29 is 9.47 Å². The number of aromatic amines is 1. The van der Waals surface area contributed by atoms with Gasteiger partial charge in [-0.3, -0.25) is 4.99 Å². The zero-order valence-electron chi connectivity index (χ0n) is 16.1. The molecule has 1 aromatic heterocycles. The Morgan fingerprint density at radius 2 is 2.15 bits per heavy atom. The molecule has 2 aliphatic rings. The van der Waals surface area contributed by atoms with Crippen molar-refractivity contribution in [1.29, 1.82) is 0 Å². The van der Waals surface area contributed by atoms with Crippen LogP contribution in [0, 0.1) is 0 Å². The minimum Gasteiger partial charge on any atom is -0.375 e. The first-order valence-electron chi connectivity index (χ1n) is 10.2. The predicted molar refractivity (Wildman–Crippen MR) is 108 cm³/mol. The zero-order valence-corrected chi connectivity index (χ0v) is 16.1. The summed E-state index contributed by atoms with van der Waals surface area (Å²) in [6, 6.07) is 10.6. The average Bonchev–Trinajstić information content (AvgIpc) is 3.37. The van der Waals surface area contributed by atoms with Crippen LogP contribution in [-0.2, 0) is 15.9 Å². The van der Waals surface area contributed by atoms with Gasteiger partial charge in [-0.15, -0.1) is 0 Å². The smallest absolute Gasteiger partial charge is 0.194 e. The van der Waals surface area contributed by atoms with Gasteiger partial charge in [0.15, 0.2) is 5.96 Å². The summed E-state index contributed by atoms with van der Waals surface area (Å²) in [5.74, 6) is 0.986. The molecule has 146 valence electrons. The number of fused-ring (bicyclic) bond motifs is 1. The van der Waals surface area contributed by atoms with Crippen LogP contribution in [0.5, 0.6) is 0 Å². The van der Waals surface area contributed by atoms with E-state index in [9.17, 15) is 0 Å². The number of benzene rings is 1. The fourth-order valence-electron chi connectivity index (χ4n) is 3.96. The molecule has 6 heteroatoms. The maximum atomic E-state index is 5.97. The molecule has 2 fully saturated rings. The molecule has 6 nitrogen and oxygen atoms in total. The molecule has 1 aromatic carbocycles. The van der Waals surface area contributed by atoms with Crippen molar-refractivity contribution in [3.05, 3.63) is 36.0 Å². The second kappa shape index (κ2) is 8.76. The van der Waals surface area contributed by atoms with Crippen LogP contribution in [0.15, 0.2) is 35.3 Å². The Morgan fingerprint density at radius 1 is 1.26 bits per heavy atom. The first kappa shape index (κ1) is 18.3. The molecule has 0 aliphatic carbocycles. The molecular weight excluding hydrogens is 340 g/mol. The number of rotatable bonds is 5. The van der Waals surface area contributed by atoms with Crippen LogP contribution in [0.3, 0.4) is 0 Å². The summed E-state index contributed by atoms with van der Waals surface area (Å²) in [5.41, 5.74) is 2.42. The SMILES string of the molecule is CCNC(=NCCc1cc2ccccc2[nH]1)N1CCOC(C2CCCO2)C1. The van der Waals surface area contributed by atoms with Crippen molar-refractivity contribution in [2.24, 2.45) is 4.99 Å². The number of morpholine rings is 1. The molecule has 0 radical (unpaired) electrons. The van der Waals surface area contributed by atoms with Crippen LogP contribution in [0.25, 0.3) is 10.9 Å². The van der Waals surface area contributed by atoms with Crippen molar-refractivity contribution in [2.75, 3.05) is 39.4 Å². The summed E-state index contributed by atoms with van der Waals surface area (Å²) in [6.45, 7) is 7.07. The normalized spacial score (nSPS) is 23.9. The lowest BCUT2D eigenvalue weighted by molar-refractivity contribution is -0.0817. The molecule has 3 heterocycles. The van der Waals surface area contributed by atoms with Gasteiger partial charge in [-0.2, -0.15) is 0 Å². The molecule has 27 heavy (non-hydrogen) atoms. The lowest BCUT2D eigenvalue weighted by Crippen LogP contribution is -2.53. The number of guanidine groups is 1. The Morgan fingerprint density at radius 3 is 2.96 bits per heavy atom. The van der Waals surface area contributed by atoms with Gasteiger partial charge in [0, 0.05) is 50.4 Å². The zero-order chi connectivity index (χ0) is 18.5. The molecule has 4 rings (SSSR count). The molecule has 2 aliphatic heterocycles. The lowest BCUT2D eigenvalue weighted by Gasteiger charge is -2.37. The number of hydrogen-bond donors (Lipinski definition) is 2. The maximum Gasteiger partial charge on any atom is 0.194 e. The largest absolute Gasteiger partial charge is 0.375 e. The summed E-state index contributed by atoms with van der Waals surface area (Å²) in [4.78, 5) is 10.7. The van der Waals surface area contributed by atoms with Gasteiger partial charge >= 0.3 is 0 Å². The quantitative estimate of drug-likeness (QED) is 0.627. The van der Waals surface area contributed by atoms with Gasteiger partial charge in [-0.25, -0.2) is 0 Å². The van der Waals surface area contributed by atoms with E-state index in [2.05, 4.69) is 52.5 Å². The number of nitrogens with zero attached hydrogens (tertiary/aromatic N) is 2. The highest BCUT2D eigenvalue weighted by molar-refractivity contribution is 5.81. The Kier molecular flexibility index (Phi) is 5.94. The van der Waals surface area contributed by atoms with Crippen LogP contribution in [-0.4, -0.2) is 67.4 Å². The second-order valence-electron chi connectivity index (χ2n) is 7.27. The lowest BCUT2D eigenvalue weighted by atomic mass is 10.1. The molecule has 2 unspecified atom stereocenters. The van der Waals surface area contributed by atoms with Gasteiger partial charge in [0.25, 0.3) is 0 Å². The maximum absolute atomic E-state index is 5.97. The van der Waals surface area contributed by atoms with Gasteiger partial charge in [-0.05, 0) is 37.3 Å². The Balaban J connectivity index is 1.38. The summed E-state index contributed by atoms with van der Waals surface area (Å²) in [5, 5.41) is 4.71. The third-order valence-electron chi connectivity index (χ3n) is 5.34. The summed E-state index contributed by atoms with van der Waals surface area (Å²) in [7, 11) is 0. The van der Waals surface area contributed by atoms with E-state index in [1.54, 1.807) is 0 Å². The van der Waals surface area contributed by atoms with Crippen LogP contribution < -0.4 is 5.32 Å². The van der Waals surface area contributed by atoms with Gasteiger partial charge in [-0.1, -0.05) is 18.2 Å². The topological polar surface area (TPSA) is 61.9 Å². The number of ether oxygens (including phenoxy) is 2. The highest BCUT2D eigenvalue weighted by Crippen LogP contribution is 2.21. The van der Waals surface area contributed by atoms with E-state index in [4.69, 9.17) is 14.5 Å². The highest BCUT2D eigenvalue weighted by Gasteiger charge is 2.32. The first-order chi connectivity index (χ1) is 13.3. The predicted octanol–water partition coefficient (Wildman–Crippen LogP) is 2.56. The number of hydrogen-bond acceptors (Lipinski definition) is 3. The third-order valence-corrected chi connectivity index (χ3v) is 5.34. The van der Waals surface area contributed by atoms with Crippen molar-refractivity contribution in [2.45, 2.75) is 38.4 Å². The van der Waals surface area contributed by atoms with E-state index in [-0.39, 0.29) is 12.2 Å². The van der Waals surface area contributed by atoms with E-state index < -0.39 is 0 Å². The monoisotopic (exact) mass is 370 g/mol. The van der Waals surface area contributed by atoms with Crippen LogP contribution in [0.1, 0.15) is 25.5 Å². The van der Waals surface area contributed by atoms with E-state index in [0.717, 1.165) is 64.6 Å². The van der Waals surface area contributed by atoms with Crippen molar-refractivity contribution >= 4 is 16.9 Å². The Bertz CT molecular complexity index is 733. The van der Waals surface area contributed by atoms with E-state index in [0.29, 0.717) is 0 Å². The fraction of sp³-hybridized carbons (Fsp3) is 0.571. The molecule has 0 saturated carbocycles. The summed E-state index contributed by atoms with van der Waals surface area (Å²) < 4.78 is 11.8. The van der Waals surface area contributed by atoms with E-state index in [1.165, 1.54) is 16.6 Å². The number of H-pyrrole nitrogens is 1. The Labute approximate surface area is 160 Å².